The third-order valence-corrected chi connectivity index (χ3v) is 6.37. The van der Waals surface area contributed by atoms with Gasteiger partial charge in [0.05, 0.1) is 18.1 Å². The fraction of sp³-hybridized carbons (Fsp3) is 0.409. The summed E-state index contributed by atoms with van der Waals surface area (Å²) in [7, 11) is 0. The van der Waals surface area contributed by atoms with E-state index in [0.29, 0.717) is 11.8 Å². The second kappa shape index (κ2) is 9.47. The van der Waals surface area contributed by atoms with Crippen molar-refractivity contribution in [2.45, 2.75) is 56.3 Å². The molecule has 3 aromatic rings. The first-order valence-corrected chi connectivity index (χ1v) is 11.3. The molecule has 1 unspecified atom stereocenters. The fourth-order valence-corrected chi connectivity index (χ4v) is 4.68. The van der Waals surface area contributed by atoms with Crippen LogP contribution in [0.3, 0.4) is 0 Å². The number of nitrogens with zero attached hydrogens (tertiary/aromatic N) is 3. The first-order chi connectivity index (χ1) is 14.6. The molecule has 2 aromatic heterocycles. The minimum atomic E-state index is -0.290. The van der Waals surface area contributed by atoms with Crippen molar-refractivity contribution >= 4 is 17.7 Å². The van der Waals surface area contributed by atoms with E-state index in [1.807, 2.05) is 19.1 Å². The van der Waals surface area contributed by atoms with Crippen LogP contribution < -0.4 is 5.32 Å². The van der Waals surface area contributed by atoms with Crippen LogP contribution in [0.1, 0.15) is 56.7 Å². The Bertz CT molecular complexity index is 966. The summed E-state index contributed by atoms with van der Waals surface area (Å²) in [4.78, 5) is 12.5. The van der Waals surface area contributed by atoms with E-state index in [1.165, 1.54) is 43.2 Å². The molecule has 1 saturated carbocycles. The highest BCUT2D eigenvalue weighted by molar-refractivity contribution is 7.99. The average molecular weight is 429 g/mol. The quantitative estimate of drug-likeness (QED) is 0.527. The van der Waals surface area contributed by atoms with Gasteiger partial charge >= 0.3 is 0 Å². The van der Waals surface area contributed by atoms with Crippen molar-refractivity contribution in [2.75, 3.05) is 5.75 Å². The SMILES string of the molecule is CC(NC(=O)CSc1nnc(-c2ccco2)n1C1CCCCC1)c1ccc(F)cc1. The summed E-state index contributed by atoms with van der Waals surface area (Å²) in [6.45, 7) is 1.88. The van der Waals surface area contributed by atoms with Gasteiger partial charge in [0.25, 0.3) is 0 Å². The largest absolute Gasteiger partial charge is 0.461 e. The van der Waals surface area contributed by atoms with Crippen LogP contribution in [0.25, 0.3) is 11.6 Å². The van der Waals surface area contributed by atoms with Crippen molar-refractivity contribution in [3.63, 3.8) is 0 Å². The molecule has 8 heteroatoms. The van der Waals surface area contributed by atoms with E-state index in [1.54, 1.807) is 18.4 Å². The lowest BCUT2D eigenvalue weighted by Gasteiger charge is -2.25. The van der Waals surface area contributed by atoms with Gasteiger partial charge in [-0.3, -0.25) is 9.36 Å². The Hall–Kier alpha value is -2.61. The average Bonchev–Trinajstić information content (AvgIpc) is 3.43. The van der Waals surface area contributed by atoms with E-state index >= 15 is 0 Å². The van der Waals surface area contributed by atoms with Crippen molar-refractivity contribution < 1.29 is 13.6 Å². The molecule has 1 aliphatic rings. The molecule has 1 amide bonds. The third kappa shape index (κ3) is 4.75. The second-order valence-corrected chi connectivity index (χ2v) is 8.52. The van der Waals surface area contributed by atoms with Crippen LogP contribution in [0.2, 0.25) is 0 Å². The van der Waals surface area contributed by atoms with Crippen LogP contribution in [-0.4, -0.2) is 26.4 Å². The number of halogens is 1. The molecule has 1 aliphatic carbocycles. The summed E-state index contributed by atoms with van der Waals surface area (Å²) in [5.74, 6) is 1.25. The van der Waals surface area contributed by atoms with Crippen molar-refractivity contribution in [2.24, 2.45) is 0 Å². The van der Waals surface area contributed by atoms with E-state index in [9.17, 15) is 9.18 Å². The Balaban J connectivity index is 1.45. The topological polar surface area (TPSA) is 73.0 Å². The summed E-state index contributed by atoms with van der Waals surface area (Å²) in [6.07, 6.45) is 7.40. The van der Waals surface area contributed by atoms with Crippen LogP contribution in [0, 0.1) is 5.82 Å². The molecule has 6 nitrogen and oxygen atoms in total. The number of rotatable bonds is 7. The predicted octanol–water partition coefficient (Wildman–Crippen LogP) is 5.15. The molecule has 0 aliphatic heterocycles. The monoisotopic (exact) mass is 428 g/mol. The summed E-state index contributed by atoms with van der Waals surface area (Å²) >= 11 is 1.38. The number of benzene rings is 1. The molecule has 30 heavy (non-hydrogen) atoms. The standard InChI is InChI=1S/C22H25FN4O2S/c1-15(16-9-11-17(23)12-10-16)24-20(28)14-30-22-26-25-21(19-8-5-13-29-19)27(22)18-6-3-2-4-7-18/h5,8-13,15,18H,2-4,6-7,14H2,1H3,(H,24,28). The number of carbonyl (C=O) groups is 1. The Labute approximate surface area is 179 Å². The molecule has 0 saturated heterocycles. The molecular weight excluding hydrogens is 403 g/mol. The maximum absolute atomic E-state index is 13.1. The molecule has 1 N–H and O–H groups in total. The first kappa shape index (κ1) is 20.7. The van der Waals surface area contributed by atoms with Gasteiger partial charge in [0.2, 0.25) is 11.7 Å². The van der Waals surface area contributed by atoms with Crippen LogP contribution in [0.15, 0.2) is 52.2 Å². The lowest BCUT2D eigenvalue weighted by molar-refractivity contribution is -0.119. The number of nitrogens with one attached hydrogen (secondary N) is 1. The van der Waals surface area contributed by atoms with E-state index in [0.717, 1.165) is 29.4 Å². The minimum Gasteiger partial charge on any atom is -0.461 e. The molecule has 4 rings (SSSR count). The normalized spacial score (nSPS) is 15.8. The maximum atomic E-state index is 13.1. The Morgan fingerprint density at radius 2 is 2.00 bits per heavy atom. The van der Waals surface area contributed by atoms with Crippen molar-refractivity contribution in [3.8, 4) is 11.6 Å². The highest BCUT2D eigenvalue weighted by Gasteiger charge is 2.25. The van der Waals surface area contributed by atoms with Crippen molar-refractivity contribution in [1.29, 1.82) is 0 Å². The molecule has 0 spiro atoms. The predicted molar refractivity (Wildman–Crippen MR) is 114 cm³/mol. The minimum absolute atomic E-state index is 0.102. The van der Waals surface area contributed by atoms with Gasteiger partial charge in [-0.2, -0.15) is 0 Å². The Morgan fingerprint density at radius 3 is 2.70 bits per heavy atom. The van der Waals surface area contributed by atoms with E-state index < -0.39 is 0 Å². The van der Waals surface area contributed by atoms with Crippen LogP contribution >= 0.6 is 11.8 Å². The van der Waals surface area contributed by atoms with Gasteiger partial charge < -0.3 is 9.73 Å². The summed E-state index contributed by atoms with van der Waals surface area (Å²) in [5, 5.41) is 12.4. The number of hydrogen-bond acceptors (Lipinski definition) is 5. The fourth-order valence-electron chi connectivity index (χ4n) is 3.87. The lowest BCUT2D eigenvalue weighted by atomic mass is 9.95. The molecular formula is C22H25FN4O2S. The van der Waals surface area contributed by atoms with E-state index in [2.05, 4.69) is 20.1 Å². The number of hydrogen-bond donors (Lipinski definition) is 1. The number of furan rings is 1. The molecule has 2 heterocycles. The summed E-state index contributed by atoms with van der Waals surface area (Å²) in [6, 6.07) is 10.0. The maximum Gasteiger partial charge on any atom is 0.230 e. The van der Waals surface area contributed by atoms with Gasteiger partial charge in [-0.1, -0.05) is 43.2 Å². The van der Waals surface area contributed by atoms with Gasteiger partial charge in [0.1, 0.15) is 5.82 Å². The molecule has 0 radical (unpaired) electrons. The number of carbonyl (C=O) groups excluding carboxylic acids is 1. The summed E-state index contributed by atoms with van der Waals surface area (Å²) in [5.41, 5.74) is 0.861. The zero-order valence-corrected chi connectivity index (χ0v) is 17.7. The highest BCUT2D eigenvalue weighted by atomic mass is 32.2. The van der Waals surface area contributed by atoms with E-state index in [-0.39, 0.29) is 23.5 Å². The summed E-state index contributed by atoms with van der Waals surface area (Å²) < 4.78 is 20.8. The van der Waals surface area contributed by atoms with Gasteiger partial charge in [0.15, 0.2) is 10.9 Å². The Morgan fingerprint density at radius 1 is 1.23 bits per heavy atom. The van der Waals surface area contributed by atoms with Gasteiger partial charge in [0, 0.05) is 6.04 Å². The Kier molecular flexibility index (Phi) is 6.52. The first-order valence-electron chi connectivity index (χ1n) is 10.3. The van der Waals surface area contributed by atoms with E-state index in [4.69, 9.17) is 4.42 Å². The number of aromatic nitrogens is 3. The smallest absolute Gasteiger partial charge is 0.230 e. The van der Waals surface area contributed by atoms with Crippen LogP contribution in [0.4, 0.5) is 4.39 Å². The van der Waals surface area contributed by atoms with Crippen molar-refractivity contribution in [3.05, 3.63) is 54.0 Å². The third-order valence-electron chi connectivity index (χ3n) is 5.43. The van der Waals surface area contributed by atoms with Crippen molar-refractivity contribution in [1.82, 2.24) is 20.1 Å². The van der Waals surface area contributed by atoms with Crippen LogP contribution in [0.5, 0.6) is 0 Å². The zero-order chi connectivity index (χ0) is 20.9. The molecule has 1 aromatic carbocycles. The second-order valence-electron chi connectivity index (χ2n) is 7.57. The molecule has 158 valence electrons. The molecule has 1 fully saturated rings. The van der Waals surface area contributed by atoms with Gasteiger partial charge in [-0.05, 0) is 49.6 Å². The van der Waals surface area contributed by atoms with Gasteiger partial charge in [-0.25, -0.2) is 4.39 Å². The number of amides is 1. The van der Waals surface area contributed by atoms with Crippen LogP contribution in [-0.2, 0) is 4.79 Å². The zero-order valence-electron chi connectivity index (χ0n) is 16.9. The molecule has 1 atom stereocenters. The molecule has 0 bridgehead atoms. The highest BCUT2D eigenvalue weighted by Crippen LogP contribution is 2.35. The van der Waals surface area contributed by atoms with Gasteiger partial charge in [-0.15, -0.1) is 10.2 Å². The number of thioether (sulfide) groups is 1. The lowest BCUT2D eigenvalue weighted by Crippen LogP contribution is -2.28.